The first kappa shape index (κ1) is 24.4. The van der Waals surface area contributed by atoms with E-state index in [4.69, 9.17) is 14.6 Å². The average molecular weight is 472 g/mol. The number of carbonyl (C=O) groups is 2. The Balaban J connectivity index is 2.03. The number of thiol groups is 1. The Bertz CT molecular complexity index is 1020. The van der Waals surface area contributed by atoms with E-state index >= 15 is 0 Å². The second kappa shape index (κ2) is 10.6. The number of nitrogens with one attached hydrogen (secondary N) is 1. The third-order valence-corrected chi connectivity index (χ3v) is 5.24. The maximum Gasteiger partial charge on any atom is 0.511 e. The lowest BCUT2D eigenvalue weighted by atomic mass is 10.1. The first-order valence-corrected chi connectivity index (χ1v) is 11.1. The Kier molecular flexibility index (Phi) is 7.86. The van der Waals surface area contributed by atoms with Crippen molar-refractivity contribution in [3.63, 3.8) is 0 Å². The van der Waals surface area contributed by atoms with Crippen molar-refractivity contribution < 1.29 is 24.2 Å². The molecule has 1 atom stereocenters. The van der Waals surface area contributed by atoms with Crippen LogP contribution in [-0.2, 0) is 9.53 Å². The van der Waals surface area contributed by atoms with Crippen molar-refractivity contribution in [1.82, 2.24) is 5.32 Å². The number of aryl methyl sites for hydroxylation is 1. The highest BCUT2D eigenvalue weighted by Crippen LogP contribution is 2.32. The normalized spacial score (nSPS) is 14.1. The molecule has 0 radical (unpaired) electrons. The van der Waals surface area contributed by atoms with Gasteiger partial charge in [-0.05, 0) is 37.6 Å². The molecule has 1 aliphatic rings. The summed E-state index contributed by atoms with van der Waals surface area (Å²) in [4.78, 5) is 30.7. The Hall–Kier alpha value is -3.20. The fourth-order valence-corrected chi connectivity index (χ4v) is 3.46. The topological polar surface area (TPSA) is 100 Å². The number of esters is 1. The molecule has 8 nitrogen and oxygen atoms in total. The lowest BCUT2D eigenvalue weighted by Crippen LogP contribution is -2.49. The van der Waals surface area contributed by atoms with Gasteiger partial charge >= 0.3 is 12.1 Å². The summed E-state index contributed by atoms with van der Waals surface area (Å²) in [6, 6.07) is 13.3. The van der Waals surface area contributed by atoms with E-state index in [1.54, 1.807) is 29.2 Å². The molecule has 0 aromatic heterocycles. The van der Waals surface area contributed by atoms with Crippen LogP contribution in [0.4, 0.5) is 16.2 Å². The molecule has 0 aliphatic carbocycles. The van der Waals surface area contributed by atoms with Crippen LogP contribution in [0.2, 0.25) is 0 Å². The van der Waals surface area contributed by atoms with E-state index in [-0.39, 0.29) is 17.1 Å². The highest BCUT2D eigenvalue weighted by molar-refractivity contribution is 7.81. The summed E-state index contributed by atoms with van der Waals surface area (Å²) in [6.07, 6.45) is -0.831. The molecule has 2 aromatic rings. The second-order valence-electron chi connectivity index (χ2n) is 8.40. The van der Waals surface area contributed by atoms with Gasteiger partial charge in [0.15, 0.2) is 6.04 Å². The molecule has 1 unspecified atom stereocenters. The van der Waals surface area contributed by atoms with E-state index in [2.05, 4.69) is 22.9 Å². The molecule has 3 rings (SSSR count). The predicted molar refractivity (Wildman–Crippen MR) is 131 cm³/mol. The molecule has 0 spiro atoms. The van der Waals surface area contributed by atoms with E-state index in [0.717, 1.165) is 11.3 Å². The average Bonchev–Trinajstić information content (AvgIpc) is 3.25. The van der Waals surface area contributed by atoms with Gasteiger partial charge in [-0.25, -0.2) is 9.59 Å². The van der Waals surface area contributed by atoms with Crippen molar-refractivity contribution in [1.29, 1.82) is 0 Å². The molecule has 1 heterocycles. The van der Waals surface area contributed by atoms with Gasteiger partial charge in [-0.15, -0.1) is 0 Å². The van der Waals surface area contributed by atoms with Crippen molar-refractivity contribution in [2.75, 3.05) is 24.6 Å². The minimum atomic E-state index is -1.42. The van der Waals surface area contributed by atoms with Gasteiger partial charge in [0.05, 0.1) is 13.2 Å². The van der Waals surface area contributed by atoms with Gasteiger partial charge in [-0.2, -0.15) is 12.6 Å². The summed E-state index contributed by atoms with van der Waals surface area (Å²) in [5.74, 6) is 0.170. The zero-order valence-electron chi connectivity index (χ0n) is 18.9. The van der Waals surface area contributed by atoms with Gasteiger partial charge in [0, 0.05) is 28.7 Å². The largest absolute Gasteiger partial charge is 0.511 e. The lowest BCUT2D eigenvalue weighted by molar-refractivity contribution is -0.143. The second-order valence-corrected chi connectivity index (χ2v) is 9.61. The number of benzene rings is 2. The van der Waals surface area contributed by atoms with Crippen LogP contribution in [0.1, 0.15) is 25.8 Å². The Morgan fingerprint density at radius 2 is 1.94 bits per heavy atom. The van der Waals surface area contributed by atoms with E-state index in [0.29, 0.717) is 31.0 Å². The number of rotatable bonds is 9. The molecule has 2 aromatic carbocycles. The highest BCUT2D eigenvalue weighted by Gasteiger charge is 2.35. The van der Waals surface area contributed by atoms with Crippen molar-refractivity contribution in [3.8, 4) is 5.75 Å². The molecular weight excluding hydrogens is 442 g/mol. The molecule has 0 bridgehead atoms. The SMILES string of the molecule is Cc1ccc(N(c2cccc(OC(=O)O)c2)C(C(=O)OCCC(C)(C)S)C2=NCCN2)cc1. The Labute approximate surface area is 199 Å². The maximum absolute atomic E-state index is 13.4. The zero-order chi connectivity index (χ0) is 24.0. The molecule has 0 fully saturated rings. The first-order chi connectivity index (χ1) is 15.6. The fourth-order valence-electron chi connectivity index (χ4n) is 3.37. The third kappa shape index (κ3) is 6.89. The molecule has 9 heteroatoms. The number of anilines is 2. The minimum Gasteiger partial charge on any atom is -0.464 e. The summed E-state index contributed by atoms with van der Waals surface area (Å²) in [5, 5.41) is 12.2. The Morgan fingerprint density at radius 3 is 2.55 bits per heavy atom. The number of aliphatic imine (C=N–C) groups is 1. The number of hydrogen-bond donors (Lipinski definition) is 3. The first-order valence-electron chi connectivity index (χ1n) is 10.7. The Morgan fingerprint density at radius 1 is 1.21 bits per heavy atom. The highest BCUT2D eigenvalue weighted by atomic mass is 32.1. The molecule has 2 N–H and O–H groups in total. The third-order valence-electron chi connectivity index (χ3n) is 5.01. The maximum atomic E-state index is 13.4. The van der Waals surface area contributed by atoms with Crippen LogP contribution in [0.5, 0.6) is 5.75 Å². The number of carbonyl (C=O) groups excluding carboxylic acids is 1. The number of carboxylic acid groups (broad SMARTS) is 1. The van der Waals surface area contributed by atoms with E-state index in [1.807, 2.05) is 45.0 Å². The quantitative estimate of drug-likeness (QED) is 0.286. The van der Waals surface area contributed by atoms with Crippen LogP contribution in [0.3, 0.4) is 0 Å². The number of amidine groups is 1. The molecule has 0 saturated heterocycles. The smallest absolute Gasteiger partial charge is 0.464 e. The van der Waals surface area contributed by atoms with Crippen molar-refractivity contribution in [3.05, 3.63) is 54.1 Å². The van der Waals surface area contributed by atoms with Gasteiger partial charge in [-0.1, -0.05) is 37.6 Å². The summed E-state index contributed by atoms with van der Waals surface area (Å²) in [7, 11) is 0. The van der Waals surface area contributed by atoms with Crippen LogP contribution in [0.25, 0.3) is 0 Å². The van der Waals surface area contributed by atoms with Crippen LogP contribution in [0, 0.1) is 6.92 Å². The molecule has 0 amide bonds. The summed E-state index contributed by atoms with van der Waals surface area (Å²) < 4.78 is 10.2. The molecule has 1 aliphatic heterocycles. The van der Waals surface area contributed by atoms with E-state index in [1.165, 1.54) is 0 Å². The molecular formula is C24H29N3O5S. The fraction of sp³-hybridized carbons (Fsp3) is 0.375. The minimum absolute atomic E-state index is 0.141. The standard InChI is InChI=1S/C24H29N3O5S/c1-16-7-9-17(10-8-16)27(18-5-4-6-19(15-18)32-23(29)30)20(21-25-12-13-26-21)22(28)31-14-11-24(2,3)33/h4-10,15,20,33H,11-14H2,1-3H3,(H,25,26)(H,29,30). The van der Waals surface area contributed by atoms with Crippen molar-refractivity contribution in [2.24, 2.45) is 4.99 Å². The van der Waals surface area contributed by atoms with Crippen LogP contribution < -0.4 is 15.0 Å². The molecule has 176 valence electrons. The van der Waals surface area contributed by atoms with Gasteiger partial charge in [-0.3, -0.25) is 4.99 Å². The van der Waals surface area contributed by atoms with Crippen molar-refractivity contribution in [2.45, 2.75) is 38.0 Å². The van der Waals surface area contributed by atoms with Crippen LogP contribution in [-0.4, -0.2) is 53.6 Å². The number of nitrogens with zero attached hydrogens (tertiary/aromatic N) is 2. The summed E-state index contributed by atoms with van der Waals surface area (Å²) >= 11 is 4.50. The number of ether oxygens (including phenoxy) is 2. The number of hydrogen-bond acceptors (Lipinski definition) is 8. The monoisotopic (exact) mass is 471 g/mol. The predicted octanol–water partition coefficient (Wildman–Crippen LogP) is 4.20. The molecule has 33 heavy (non-hydrogen) atoms. The van der Waals surface area contributed by atoms with Gasteiger partial charge in [0.1, 0.15) is 11.6 Å². The lowest BCUT2D eigenvalue weighted by Gasteiger charge is -2.33. The summed E-state index contributed by atoms with van der Waals surface area (Å²) in [5.41, 5.74) is 2.35. The van der Waals surface area contributed by atoms with Gasteiger partial charge < -0.3 is 24.8 Å². The van der Waals surface area contributed by atoms with Crippen LogP contribution in [0.15, 0.2) is 53.5 Å². The van der Waals surface area contributed by atoms with Gasteiger partial charge in [0.2, 0.25) is 0 Å². The molecule has 0 saturated carbocycles. The summed E-state index contributed by atoms with van der Waals surface area (Å²) in [6.45, 7) is 7.26. The van der Waals surface area contributed by atoms with Crippen LogP contribution >= 0.6 is 12.6 Å². The van der Waals surface area contributed by atoms with Gasteiger partial charge in [0.25, 0.3) is 0 Å². The zero-order valence-corrected chi connectivity index (χ0v) is 19.8. The van der Waals surface area contributed by atoms with E-state index < -0.39 is 18.2 Å². The van der Waals surface area contributed by atoms with E-state index in [9.17, 15) is 9.59 Å². The van der Waals surface area contributed by atoms with Crippen molar-refractivity contribution >= 4 is 42.0 Å².